The Labute approximate surface area is 191 Å². The van der Waals surface area contributed by atoms with E-state index in [4.69, 9.17) is 4.42 Å². The van der Waals surface area contributed by atoms with Crippen molar-refractivity contribution in [3.8, 4) is 11.5 Å². The number of nitrogens with zero attached hydrogens (tertiary/aromatic N) is 2. The van der Waals surface area contributed by atoms with Crippen molar-refractivity contribution in [1.82, 2.24) is 14.8 Å². The molecule has 2 aromatic heterocycles. The highest BCUT2D eigenvalue weighted by Crippen LogP contribution is 2.35. The van der Waals surface area contributed by atoms with Gasteiger partial charge in [0.15, 0.2) is 0 Å². The Morgan fingerprint density at radius 2 is 1.97 bits per heavy atom. The molecule has 1 aliphatic carbocycles. The van der Waals surface area contributed by atoms with Crippen molar-refractivity contribution >= 4 is 11.8 Å². The van der Waals surface area contributed by atoms with Crippen LogP contribution in [0.1, 0.15) is 70.8 Å². The van der Waals surface area contributed by atoms with Gasteiger partial charge < -0.3 is 19.2 Å². The Kier molecular flexibility index (Phi) is 6.24. The van der Waals surface area contributed by atoms with Gasteiger partial charge in [-0.3, -0.25) is 9.59 Å². The van der Waals surface area contributed by atoms with Crippen LogP contribution in [0.15, 0.2) is 34.9 Å². The highest BCUT2D eigenvalue weighted by Gasteiger charge is 2.48. The van der Waals surface area contributed by atoms with Gasteiger partial charge in [0.05, 0.1) is 18.5 Å². The third-order valence-electron chi connectivity index (χ3n) is 7.72. The Hall–Kier alpha value is -2.50. The molecule has 3 heterocycles. The van der Waals surface area contributed by atoms with E-state index in [1.54, 1.807) is 11.2 Å². The van der Waals surface area contributed by atoms with E-state index in [-0.39, 0.29) is 17.9 Å². The smallest absolute Gasteiger partial charge is 0.271 e. The third kappa shape index (κ3) is 4.00. The molecule has 4 rings (SSSR count). The van der Waals surface area contributed by atoms with E-state index in [1.165, 1.54) is 6.42 Å². The standard InChI is InChI=1S/C26H37N3O3/c1-17(2)13-14-29-24(30)22-12-11-21(23-10-7-15-32-23)28(22)16-26(29,5)25(31)27-20-9-6-8-18(3)19(20)4/h7,10-12,15,17-20H,6,8-9,13-14,16H2,1-5H3,(H,27,31). The average Bonchev–Trinajstić information content (AvgIpc) is 3.40. The van der Waals surface area contributed by atoms with Crippen LogP contribution in [0.4, 0.5) is 0 Å². The summed E-state index contributed by atoms with van der Waals surface area (Å²) in [5.41, 5.74) is 0.491. The molecule has 1 fully saturated rings. The molecular weight excluding hydrogens is 402 g/mol. The lowest BCUT2D eigenvalue weighted by Crippen LogP contribution is -2.65. The molecule has 4 atom stereocenters. The Balaban J connectivity index is 1.68. The zero-order chi connectivity index (χ0) is 23.0. The van der Waals surface area contributed by atoms with E-state index >= 15 is 0 Å². The van der Waals surface area contributed by atoms with Gasteiger partial charge in [-0.15, -0.1) is 0 Å². The first-order valence-electron chi connectivity index (χ1n) is 12.1. The molecule has 0 spiro atoms. The molecule has 2 amide bonds. The minimum absolute atomic E-state index is 0.0506. The van der Waals surface area contributed by atoms with Gasteiger partial charge in [-0.2, -0.15) is 0 Å². The summed E-state index contributed by atoms with van der Waals surface area (Å²) in [4.78, 5) is 29.3. The maximum atomic E-state index is 13.8. The molecular formula is C26H37N3O3. The van der Waals surface area contributed by atoms with Crippen molar-refractivity contribution in [2.24, 2.45) is 17.8 Å². The molecule has 2 aromatic rings. The first-order chi connectivity index (χ1) is 15.2. The minimum atomic E-state index is -0.959. The number of hydrogen-bond donors (Lipinski definition) is 1. The molecule has 174 valence electrons. The van der Waals surface area contributed by atoms with Crippen molar-refractivity contribution in [2.45, 2.75) is 78.4 Å². The number of hydrogen-bond acceptors (Lipinski definition) is 3. The van der Waals surface area contributed by atoms with E-state index in [1.807, 2.05) is 35.8 Å². The number of carbonyl (C=O) groups is 2. The number of rotatable bonds is 6. The second-order valence-electron chi connectivity index (χ2n) is 10.4. The predicted molar refractivity (Wildman–Crippen MR) is 125 cm³/mol. The SMILES string of the molecule is CC(C)CCN1C(=O)c2ccc(-c3ccco3)n2CC1(C)C(=O)NC1CCCC(C)C1C. The number of aromatic nitrogens is 1. The maximum absolute atomic E-state index is 13.8. The zero-order valence-corrected chi connectivity index (χ0v) is 20.1. The third-order valence-corrected chi connectivity index (χ3v) is 7.72. The highest BCUT2D eigenvalue weighted by molar-refractivity contribution is 6.00. The van der Waals surface area contributed by atoms with Gasteiger partial charge in [-0.05, 0) is 61.8 Å². The normalized spacial score (nSPS) is 28.1. The van der Waals surface area contributed by atoms with Crippen molar-refractivity contribution in [3.63, 3.8) is 0 Å². The first-order valence-corrected chi connectivity index (χ1v) is 12.1. The molecule has 0 saturated heterocycles. The van der Waals surface area contributed by atoms with E-state index in [0.29, 0.717) is 42.3 Å². The fraction of sp³-hybridized carbons (Fsp3) is 0.615. The monoisotopic (exact) mass is 439 g/mol. The van der Waals surface area contributed by atoms with E-state index in [0.717, 1.165) is 25.0 Å². The van der Waals surface area contributed by atoms with Crippen LogP contribution in [0, 0.1) is 17.8 Å². The van der Waals surface area contributed by atoms with Crippen molar-refractivity contribution in [1.29, 1.82) is 0 Å². The molecule has 1 saturated carbocycles. The highest BCUT2D eigenvalue weighted by atomic mass is 16.3. The van der Waals surface area contributed by atoms with Crippen LogP contribution in [0.5, 0.6) is 0 Å². The van der Waals surface area contributed by atoms with E-state index < -0.39 is 5.54 Å². The Bertz CT molecular complexity index is 961. The van der Waals surface area contributed by atoms with Crippen LogP contribution in [0.2, 0.25) is 0 Å². The molecule has 0 radical (unpaired) electrons. The molecule has 32 heavy (non-hydrogen) atoms. The van der Waals surface area contributed by atoms with E-state index in [2.05, 4.69) is 33.0 Å². The number of fused-ring (bicyclic) bond motifs is 1. The topological polar surface area (TPSA) is 67.5 Å². The second-order valence-corrected chi connectivity index (χ2v) is 10.4. The molecule has 4 unspecified atom stereocenters. The molecule has 6 nitrogen and oxygen atoms in total. The second kappa shape index (κ2) is 8.80. The van der Waals surface area contributed by atoms with E-state index in [9.17, 15) is 9.59 Å². The number of nitrogens with one attached hydrogen (secondary N) is 1. The summed E-state index contributed by atoms with van der Waals surface area (Å²) >= 11 is 0. The van der Waals surface area contributed by atoms with Crippen LogP contribution >= 0.6 is 0 Å². The van der Waals surface area contributed by atoms with Crippen molar-refractivity contribution in [3.05, 3.63) is 36.2 Å². The Morgan fingerprint density at radius 1 is 1.22 bits per heavy atom. The quantitative estimate of drug-likeness (QED) is 0.692. The van der Waals surface area contributed by atoms with Gasteiger partial charge in [-0.1, -0.05) is 40.5 Å². The van der Waals surface area contributed by atoms with Gasteiger partial charge in [0, 0.05) is 12.6 Å². The summed E-state index contributed by atoms with van der Waals surface area (Å²) in [6.07, 6.45) is 5.83. The molecule has 1 aliphatic heterocycles. The van der Waals surface area contributed by atoms with Crippen LogP contribution in [-0.2, 0) is 11.3 Å². The summed E-state index contributed by atoms with van der Waals surface area (Å²) in [5, 5.41) is 3.36. The summed E-state index contributed by atoms with van der Waals surface area (Å²) in [5.74, 6) is 2.04. The largest absolute Gasteiger partial charge is 0.463 e. The maximum Gasteiger partial charge on any atom is 0.271 e. The molecule has 1 N–H and O–H groups in total. The zero-order valence-electron chi connectivity index (χ0n) is 20.1. The lowest BCUT2D eigenvalue weighted by atomic mass is 9.77. The van der Waals surface area contributed by atoms with Crippen LogP contribution < -0.4 is 5.32 Å². The lowest BCUT2D eigenvalue weighted by molar-refractivity contribution is -0.134. The summed E-state index contributed by atoms with van der Waals surface area (Å²) in [7, 11) is 0. The first kappa shape index (κ1) is 22.7. The van der Waals surface area contributed by atoms with Gasteiger partial charge in [0.1, 0.15) is 17.0 Å². The number of carbonyl (C=O) groups excluding carboxylic acids is 2. The summed E-state index contributed by atoms with van der Waals surface area (Å²) in [6, 6.07) is 7.65. The molecule has 0 bridgehead atoms. The van der Waals surface area contributed by atoms with Crippen molar-refractivity contribution < 1.29 is 14.0 Å². The number of amides is 2. The van der Waals surface area contributed by atoms with Crippen LogP contribution in [0.3, 0.4) is 0 Å². The number of furan rings is 1. The van der Waals surface area contributed by atoms with Crippen LogP contribution in [0.25, 0.3) is 11.5 Å². The van der Waals surface area contributed by atoms with Crippen molar-refractivity contribution in [2.75, 3.05) is 6.54 Å². The lowest BCUT2D eigenvalue weighted by Gasteiger charge is -2.46. The molecule has 2 aliphatic rings. The summed E-state index contributed by atoms with van der Waals surface area (Å²) in [6.45, 7) is 11.7. The predicted octanol–water partition coefficient (Wildman–Crippen LogP) is 4.95. The molecule has 0 aromatic carbocycles. The fourth-order valence-electron chi connectivity index (χ4n) is 5.26. The minimum Gasteiger partial charge on any atom is -0.463 e. The fourth-order valence-corrected chi connectivity index (χ4v) is 5.26. The van der Waals surface area contributed by atoms with Gasteiger partial charge in [-0.25, -0.2) is 0 Å². The molecule has 6 heteroatoms. The van der Waals surface area contributed by atoms with Crippen LogP contribution in [-0.4, -0.2) is 39.4 Å². The van der Waals surface area contributed by atoms with Gasteiger partial charge >= 0.3 is 0 Å². The Morgan fingerprint density at radius 3 is 2.66 bits per heavy atom. The van der Waals surface area contributed by atoms with Gasteiger partial charge in [0.2, 0.25) is 5.91 Å². The average molecular weight is 440 g/mol. The summed E-state index contributed by atoms with van der Waals surface area (Å²) < 4.78 is 7.57. The van der Waals surface area contributed by atoms with Gasteiger partial charge in [0.25, 0.3) is 5.91 Å².